The summed E-state index contributed by atoms with van der Waals surface area (Å²) in [6, 6.07) is 1.30. The number of pyridine rings is 1. The van der Waals surface area contributed by atoms with Crippen molar-refractivity contribution in [2.75, 3.05) is 19.6 Å². The van der Waals surface area contributed by atoms with E-state index < -0.39 is 17.6 Å². The summed E-state index contributed by atoms with van der Waals surface area (Å²) in [6.45, 7) is 2.81. The number of carbonyl (C=O) groups is 2. The second-order valence-corrected chi connectivity index (χ2v) is 9.99. The molecule has 3 fully saturated rings. The smallest absolute Gasteiger partial charge is 0.336 e. The fraction of sp³-hybridized carbons (Fsp3) is 0.609. The molecular weight excluding hydrogens is 457 g/mol. The maximum atomic E-state index is 13.7. The maximum absolute atomic E-state index is 13.7. The molecule has 178 valence electrons. The quantitative estimate of drug-likeness (QED) is 0.634. The van der Waals surface area contributed by atoms with Gasteiger partial charge in [0.15, 0.2) is 11.3 Å². The van der Waals surface area contributed by atoms with Crippen molar-refractivity contribution in [3.63, 3.8) is 0 Å². The standard InChI is InChI=1S/C23H26ClF3N4O2/c1-13-2-6-16(7-3-13)30-9-8-29(12-18(30)32)22(33)19-20(24)31-11-15(14-4-5-14)10-17(21(31)28-19)23(25,26)27/h10-11,13-14,16H,2-9,12H2,1H3/t13-,16-. The number of alkyl halides is 3. The van der Waals surface area contributed by atoms with Gasteiger partial charge in [0.1, 0.15) is 11.7 Å². The van der Waals surface area contributed by atoms with Crippen LogP contribution in [-0.2, 0) is 11.0 Å². The predicted octanol–water partition coefficient (Wildman–Crippen LogP) is 4.75. The summed E-state index contributed by atoms with van der Waals surface area (Å²) < 4.78 is 42.4. The van der Waals surface area contributed by atoms with Crippen LogP contribution in [0.25, 0.3) is 5.65 Å². The first-order chi connectivity index (χ1) is 15.6. The van der Waals surface area contributed by atoms with Crippen molar-refractivity contribution in [3.8, 4) is 0 Å². The van der Waals surface area contributed by atoms with E-state index in [0.29, 0.717) is 24.6 Å². The Bertz CT molecular complexity index is 1100. The minimum absolute atomic E-state index is 0.0709. The summed E-state index contributed by atoms with van der Waals surface area (Å²) in [6.07, 6.45) is 2.66. The molecule has 2 saturated carbocycles. The van der Waals surface area contributed by atoms with Gasteiger partial charge in [0.25, 0.3) is 5.91 Å². The van der Waals surface area contributed by atoms with Gasteiger partial charge in [0, 0.05) is 25.3 Å². The molecule has 3 heterocycles. The first-order valence-electron chi connectivity index (χ1n) is 11.5. The Morgan fingerprint density at radius 1 is 1.12 bits per heavy atom. The van der Waals surface area contributed by atoms with Crippen LogP contribution in [0.3, 0.4) is 0 Å². The lowest BCUT2D eigenvalue weighted by Crippen LogP contribution is -2.56. The molecule has 0 bridgehead atoms. The van der Waals surface area contributed by atoms with E-state index in [4.69, 9.17) is 11.6 Å². The first kappa shape index (κ1) is 22.5. The van der Waals surface area contributed by atoms with Crippen molar-refractivity contribution in [3.05, 3.63) is 34.2 Å². The molecule has 5 rings (SSSR count). The number of nitrogens with zero attached hydrogens (tertiary/aromatic N) is 4. The van der Waals surface area contributed by atoms with Gasteiger partial charge in [0.05, 0.1) is 5.56 Å². The molecule has 0 atom stereocenters. The van der Waals surface area contributed by atoms with E-state index in [2.05, 4.69) is 11.9 Å². The molecule has 33 heavy (non-hydrogen) atoms. The molecule has 6 nitrogen and oxygen atoms in total. The maximum Gasteiger partial charge on any atom is 0.419 e. The number of piperazine rings is 1. The highest BCUT2D eigenvalue weighted by Crippen LogP contribution is 2.43. The number of rotatable bonds is 3. The van der Waals surface area contributed by atoms with Crippen LogP contribution >= 0.6 is 11.6 Å². The van der Waals surface area contributed by atoms with Crippen molar-refractivity contribution in [1.82, 2.24) is 19.2 Å². The third-order valence-corrected chi connectivity index (χ3v) is 7.57. The van der Waals surface area contributed by atoms with Crippen LogP contribution in [0.5, 0.6) is 0 Å². The third kappa shape index (κ3) is 4.20. The van der Waals surface area contributed by atoms with Crippen LogP contribution in [-0.4, -0.2) is 56.7 Å². The Morgan fingerprint density at radius 3 is 2.42 bits per heavy atom. The average Bonchev–Trinajstić information content (AvgIpc) is 3.57. The van der Waals surface area contributed by atoms with Gasteiger partial charge >= 0.3 is 6.18 Å². The van der Waals surface area contributed by atoms with Crippen LogP contribution in [0, 0.1) is 5.92 Å². The highest BCUT2D eigenvalue weighted by atomic mass is 35.5. The Hall–Kier alpha value is -2.29. The molecule has 0 spiro atoms. The van der Waals surface area contributed by atoms with Gasteiger partial charge in [-0.15, -0.1) is 0 Å². The number of fused-ring (bicyclic) bond motifs is 1. The second kappa shape index (κ2) is 8.18. The fourth-order valence-corrected chi connectivity index (χ4v) is 5.32. The SMILES string of the molecule is C[C@H]1CC[C@H](N2CCN(C(=O)c3nc4c(C(F)(F)F)cc(C5CC5)cn4c3Cl)CC2=O)CC1. The lowest BCUT2D eigenvalue weighted by Gasteiger charge is -2.41. The van der Waals surface area contributed by atoms with Crippen molar-refractivity contribution < 1.29 is 22.8 Å². The average molecular weight is 483 g/mol. The third-order valence-electron chi connectivity index (χ3n) is 7.21. The molecule has 2 amide bonds. The molecular formula is C23H26ClF3N4O2. The Kier molecular flexibility index (Phi) is 5.58. The van der Waals surface area contributed by atoms with Gasteiger partial charge in [-0.2, -0.15) is 13.2 Å². The molecule has 0 aromatic carbocycles. The molecule has 0 radical (unpaired) electrons. The topological polar surface area (TPSA) is 57.9 Å². The van der Waals surface area contributed by atoms with Gasteiger partial charge in [0.2, 0.25) is 5.91 Å². The van der Waals surface area contributed by atoms with Crippen molar-refractivity contribution >= 4 is 29.1 Å². The summed E-state index contributed by atoms with van der Waals surface area (Å²) in [7, 11) is 0. The highest BCUT2D eigenvalue weighted by molar-refractivity contribution is 6.33. The van der Waals surface area contributed by atoms with Crippen LogP contribution in [0.2, 0.25) is 5.15 Å². The highest BCUT2D eigenvalue weighted by Gasteiger charge is 2.39. The summed E-state index contributed by atoms with van der Waals surface area (Å²) in [4.78, 5) is 33.2. The number of imidazole rings is 1. The van der Waals surface area contributed by atoms with Crippen molar-refractivity contribution in [2.24, 2.45) is 5.92 Å². The minimum Gasteiger partial charge on any atom is -0.336 e. The Balaban J connectivity index is 1.40. The Labute approximate surface area is 194 Å². The lowest BCUT2D eigenvalue weighted by molar-refractivity contribution is -0.138. The zero-order valence-electron chi connectivity index (χ0n) is 18.4. The van der Waals surface area contributed by atoms with Gasteiger partial charge < -0.3 is 9.80 Å². The van der Waals surface area contributed by atoms with Gasteiger partial charge in [-0.1, -0.05) is 18.5 Å². The predicted molar refractivity (Wildman–Crippen MR) is 116 cm³/mol. The minimum atomic E-state index is -4.62. The molecule has 3 aliphatic rings. The summed E-state index contributed by atoms with van der Waals surface area (Å²) in [5.41, 5.74) is -0.997. The molecule has 1 saturated heterocycles. The van der Waals surface area contributed by atoms with E-state index in [1.165, 1.54) is 4.90 Å². The van der Waals surface area contributed by atoms with E-state index in [1.807, 2.05) is 4.90 Å². The Morgan fingerprint density at radius 2 is 1.82 bits per heavy atom. The van der Waals surface area contributed by atoms with Gasteiger partial charge in [-0.25, -0.2) is 4.98 Å². The number of hydrogen-bond acceptors (Lipinski definition) is 3. The number of hydrogen-bond donors (Lipinski definition) is 0. The molecule has 1 aliphatic heterocycles. The second-order valence-electron chi connectivity index (χ2n) is 9.63. The summed E-state index contributed by atoms with van der Waals surface area (Å²) in [5.74, 6) is -0.0175. The number of amides is 2. The lowest BCUT2D eigenvalue weighted by atomic mass is 9.86. The number of aromatic nitrogens is 2. The molecule has 0 N–H and O–H groups in total. The van der Waals surface area contributed by atoms with E-state index in [1.54, 1.807) is 6.20 Å². The van der Waals surface area contributed by atoms with E-state index in [-0.39, 0.29) is 40.9 Å². The molecule has 2 aliphatic carbocycles. The normalized spacial score (nSPS) is 24.6. The summed E-state index contributed by atoms with van der Waals surface area (Å²) in [5, 5.41) is -0.154. The van der Waals surface area contributed by atoms with E-state index >= 15 is 0 Å². The molecule has 0 unspecified atom stereocenters. The van der Waals surface area contributed by atoms with E-state index in [9.17, 15) is 22.8 Å². The zero-order chi connectivity index (χ0) is 23.5. The van der Waals surface area contributed by atoms with Crippen molar-refractivity contribution in [2.45, 2.75) is 63.6 Å². The molecule has 10 heteroatoms. The van der Waals surface area contributed by atoms with Gasteiger partial charge in [-0.3, -0.25) is 14.0 Å². The molecule has 2 aromatic rings. The van der Waals surface area contributed by atoms with Crippen LogP contribution in [0.15, 0.2) is 12.3 Å². The van der Waals surface area contributed by atoms with E-state index in [0.717, 1.165) is 49.0 Å². The van der Waals surface area contributed by atoms with Crippen LogP contribution in [0.1, 0.15) is 73.0 Å². The van der Waals surface area contributed by atoms with Gasteiger partial charge in [-0.05, 0) is 62.0 Å². The zero-order valence-corrected chi connectivity index (χ0v) is 19.1. The molecule has 2 aromatic heterocycles. The number of carbonyl (C=O) groups excluding carboxylic acids is 2. The van der Waals surface area contributed by atoms with Crippen molar-refractivity contribution in [1.29, 1.82) is 0 Å². The monoisotopic (exact) mass is 482 g/mol. The number of halogens is 4. The largest absolute Gasteiger partial charge is 0.419 e. The van der Waals surface area contributed by atoms with Crippen LogP contribution < -0.4 is 0 Å². The fourth-order valence-electron chi connectivity index (χ4n) is 5.07. The first-order valence-corrected chi connectivity index (χ1v) is 11.9. The van der Waals surface area contributed by atoms with Crippen LogP contribution in [0.4, 0.5) is 13.2 Å². The summed E-state index contributed by atoms with van der Waals surface area (Å²) >= 11 is 6.38.